The van der Waals surface area contributed by atoms with Crippen molar-refractivity contribution in [3.8, 4) is 5.75 Å². The molecule has 1 aromatic carbocycles. The van der Waals surface area contributed by atoms with Crippen LogP contribution in [0.5, 0.6) is 5.75 Å². The van der Waals surface area contributed by atoms with Gasteiger partial charge in [-0.2, -0.15) is 0 Å². The maximum Gasteiger partial charge on any atom is 0.339 e. The first kappa shape index (κ1) is 15.6. The monoisotopic (exact) mass is 330 g/mol. The Labute approximate surface area is 136 Å². The van der Waals surface area contributed by atoms with Crippen molar-refractivity contribution in [2.75, 3.05) is 11.9 Å². The van der Waals surface area contributed by atoms with Crippen LogP contribution in [0.1, 0.15) is 32.2 Å². The number of anilines is 1. The molecule has 0 spiro atoms. The number of fused-ring (bicyclic) bond motifs is 1. The minimum atomic E-state index is -1.08. The Morgan fingerprint density at radius 1 is 1.33 bits per heavy atom. The van der Waals surface area contributed by atoms with Gasteiger partial charge in [-0.05, 0) is 31.2 Å². The number of nitrogens with one attached hydrogen (secondary N) is 2. The second-order valence-corrected chi connectivity index (χ2v) is 5.22. The minimum absolute atomic E-state index is 0.0485. The average molecular weight is 330 g/mol. The summed E-state index contributed by atoms with van der Waals surface area (Å²) in [4.78, 5) is 34.5. The molecule has 0 unspecified atom stereocenters. The number of carboxylic acid groups (broad SMARTS) is 1. The zero-order chi connectivity index (χ0) is 17.3. The average Bonchev–Trinajstić information content (AvgIpc) is 2.93. The molecule has 3 rings (SSSR count). The van der Waals surface area contributed by atoms with Gasteiger partial charge in [0.1, 0.15) is 22.8 Å². The van der Waals surface area contributed by atoms with Gasteiger partial charge in [0.2, 0.25) is 0 Å². The van der Waals surface area contributed by atoms with E-state index in [9.17, 15) is 14.4 Å². The van der Waals surface area contributed by atoms with Crippen molar-refractivity contribution in [3.05, 3.63) is 46.9 Å². The lowest BCUT2D eigenvalue weighted by Crippen LogP contribution is -2.26. The number of benzene rings is 1. The van der Waals surface area contributed by atoms with E-state index in [2.05, 4.69) is 10.6 Å². The second kappa shape index (κ2) is 6.07. The fourth-order valence-electron chi connectivity index (χ4n) is 2.34. The van der Waals surface area contributed by atoms with Crippen molar-refractivity contribution >= 4 is 23.5 Å². The summed E-state index contributed by atoms with van der Waals surface area (Å²) >= 11 is 0. The number of ether oxygens (including phenoxy) is 1. The highest BCUT2D eigenvalue weighted by Gasteiger charge is 2.18. The van der Waals surface area contributed by atoms with E-state index in [0.717, 1.165) is 0 Å². The van der Waals surface area contributed by atoms with Gasteiger partial charge in [-0.1, -0.05) is 0 Å². The summed E-state index contributed by atoms with van der Waals surface area (Å²) < 4.78 is 10.5. The Kier molecular flexibility index (Phi) is 3.95. The van der Waals surface area contributed by atoms with Gasteiger partial charge in [-0.25, -0.2) is 4.79 Å². The van der Waals surface area contributed by atoms with Gasteiger partial charge in [-0.15, -0.1) is 0 Å². The number of hydrogen-bond acceptors (Lipinski definition) is 5. The molecule has 0 fully saturated rings. The van der Waals surface area contributed by atoms with Crippen molar-refractivity contribution in [3.63, 3.8) is 0 Å². The summed E-state index contributed by atoms with van der Waals surface area (Å²) in [5, 5.41) is 14.2. The van der Waals surface area contributed by atoms with Crippen LogP contribution < -0.4 is 15.4 Å². The molecule has 124 valence electrons. The minimum Gasteiger partial charge on any atom is -0.482 e. The molecule has 8 nitrogen and oxygen atoms in total. The number of carbonyl (C=O) groups is 3. The highest BCUT2D eigenvalue weighted by atomic mass is 16.5. The first-order chi connectivity index (χ1) is 11.4. The quantitative estimate of drug-likeness (QED) is 0.783. The summed E-state index contributed by atoms with van der Waals surface area (Å²) in [6.45, 7) is 1.54. The Hall–Kier alpha value is -3.29. The van der Waals surface area contributed by atoms with E-state index in [4.69, 9.17) is 14.3 Å². The second-order valence-electron chi connectivity index (χ2n) is 5.22. The van der Waals surface area contributed by atoms with Crippen LogP contribution >= 0.6 is 0 Å². The smallest absolute Gasteiger partial charge is 0.339 e. The lowest BCUT2D eigenvalue weighted by Gasteiger charge is -2.18. The van der Waals surface area contributed by atoms with Crippen LogP contribution in [0.3, 0.4) is 0 Å². The number of carbonyl (C=O) groups excluding carboxylic acids is 2. The lowest BCUT2D eigenvalue weighted by atomic mass is 10.1. The van der Waals surface area contributed by atoms with Gasteiger partial charge in [-0.3, -0.25) is 9.59 Å². The fraction of sp³-hybridized carbons (Fsp3) is 0.188. The number of furan rings is 1. The summed E-state index contributed by atoms with van der Waals surface area (Å²) in [5.74, 6) is -0.637. The van der Waals surface area contributed by atoms with Gasteiger partial charge < -0.3 is 24.9 Å². The molecule has 0 radical (unpaired) electrons. The molecule has 24 heavy (non-hydrogen) atoms. The van der Waals surface area contributed by atoms with E-state index >= 15 is 0 Å². The summed E-state index contributed by atoms with van der Waals surface area (Å²) in [5.41, 5.74) is 0.829. The predicted molar refractivity (Wildman–Crippen MR) is 82.1 cm³/mol. The van der Waals surface area contributed by atoms with Crippen LogP contribution in [-0.2, 0) is 11.3 Å². The van der Waals surface area contributed by atoms with E-state index in [-0.39, 0.29) is 36.3 Å². The third-order valence-corrected chi connectivity index (χ3v) is 3.50. The lowest BCUT2D eigenvalue weighted by molar-refractivity contribution is -0.118. The molecule has 2 heterocycles. The van der Waals surface area contributed by atoms with Gasteiger partial charge in [0.15, 0.2) is 6.61 Å². The molecule has 0 bridgehead atoms. The summed E-state index contributed by atoms with van der Waals surface area (Å²) in [7, 11) is 0. The van der Waals surface area contributed by atoms with Gasteiger partial charge >= 0.3 is 5.97 Å². The Balaban J connectivity index is 1.69. The van der Waals surface area contributed by atoms with Crippen molar-refractivity contribution in [2.24, 2.45) is 0 Å². The zero-order valence-electron chi connectivity index (χ0n) is 12.7. The van der Waals surface area contributed by atoms with Crippen LogP contribution in [0, 0.1) is 6.92 Å². The summed E-state index contributed by atoms with van der Waals surface area (Å²) in [6.07, 6.45) is 0. The molecule has 2 aromatic rings. The first-order valence-corrected chi connectivity index (χ1v) is 7.11. The number of aromatic carboxylic acids is 1. The standard InChI is InChI=1S/C16H14N2O6/c1-8-11(16(21)22)5-10(24-8)6-17-15(20)9-2-3-13-12(4-9)18-14(19)7-23-13/h2-5H,6-7H2,1H3,(H,17,20)(H,18,19)(H,21,22). The van der Waals surface area contributed by atoms with E-state index in [1.165, 1.54) is 12.1 Å². The Morgan fingerprint density at radius 3 is 2.83 bits per heavy atom. The van der Waals surface area contributed by atoms with Crippen molar-refractivity contribution in [1.29, 1.82) is 0 Å². The topological polar surface area (TPSA) is 118 Å². The molecule has 0 atom stereocenters. The third-order valence-electron chi connectivity index (χ3n) is 3.50. The van der Waals surface area contributed by atoms with Crippen LogP contribution in [0.25, 0.3) is 0 Å². The normalized spacial score (nSPS) is 12.8. The number of amides is 2. The van der Waals surface area contributed by atoms with Crippen LogP contribution in [0.2, 0.25) is 0 Å². The molecular formula is C16H14N2O6. The number of rotatable bonds is 4. The molecule has 1 aromatic heterocycles. The van der Waals surface area contributed by atoms with E-state index in [1.54, 1.807) is 19.1 Å². The molecule has 0 saturated carbocycles. The van der Waals surface area contributed by atoms with Gasteiger partial charge in [0.25, 0.3) is 11.8 Å². The number of hydrogen-bond donors (Lipinski definition) is 3. The number of carboxylic acids is 1. The molecule has 3 N–H and O–H groups in total. The largest absolute Gasteiger partial charge is 0.482 e. The highest BCUT2D eigenvalue weighted by Crippen LogP contribution is 2.28. The Bertz CT molecular complexity index is 839. The maximum absolute atomic E-state index is 12.2. The third kappa shape index (κ3) is 3.07. The highest BCUT2D eigenvalue weighted by molar-refractivity contribution is 5.99. The zero-order valence-corrected chi connectivity index (χ0v) is 12.7. The molecule has 1 aliphatic rings. The van der Waals surface area contributed by atoms with Crippen LogP contribution in [-0.4, -0.2) is 29.5 Å². The molecular weight excluding hydrogens is 316 g/mol. The first-order valence-electron chi connectivity index (χ1n) is 7.11. The molecule has 1 aliphatic heterocycles. The Morgan fingerprint density at radius 2 is 2.12 bits per heavy atom. The van der Waals surface area contributed by atoms with Gasteiger partial charge in [0, 0.05) is 5.56 Å². The summed E-state index contributed by atoms with van der Waals surface area (Å²) in [6, 6.07) is 6.06. The molecule has 2 amide bonds. The number of aryl methyl sites for hydroxylation is 1. The van der Waals surface area contributed by atoms with Crippen molar-refractivity contribution in [2.45, 2.75) is 13.5 Å². The van der Waals surface area contributed by atoms with Crippen LogP contribution in [0.15, 0.2) is 28.7 Å². The molecule has 0 saturated heterocycles. The van der Waals surface area contributed by atoms with E-state index < -0.39 is 5.97 Å². The van der Waals surface area contributed by atoms with Crippen molar-refractivity contribution in [1.82, 2.24) is 5.32 Å². The van der Waals surface area contributed by atoms with E-state index in [0.29, 0.717) is 22.8 Å². The van der Waals surface area contributed by atoms with Gasteiger partial charge in [0.05, 0.1) is 12.2 Å². The fourth-order valence-corrected chi connectivity index (χ4v) is 2.34. The molecule has 0 aliphatic carbocycles. The predicted octanol–water partition coefficient (Wildman–Crippen LogP) is 1.55. The maximum atomic E-state index is 12.2. The van der Waals surface area contributed by atoms with E-state index in [1.807, 2.05) is 0 Å². The van der Waals surface area contributed by atoms with Crippen LogP contribution in [0.4, 0.5) is 5.69 Å². The molecule has 8 heteroatoms. The SMILES string of the molecule is Cc1oc(CNC(=O)c2ccc3c(c2)NC(=O)CO3)cc1C(=O)O. The van der Waals surface area contributed by atoms with Crippen molar-refractivity contribution < 1.29 is 28.6 Å².